The number of hydrogen-bond donors (Lipinski definition) is 0. The molecule has 1 nitrogen and oxygen atoms in total. The van der Waals surface area contributed by atoms with E-state index in [0.717, 1.165) is 17.1 Å². The van der Waals surface area contributed by atoms with Gasteiger partial charge >= 0.3 is 0 Å². The van der Waals surface area contributed by atoms with E-state index in [1.807, 2.05) is 0 Å². The van der Waals surface area contributed by atoms with Crippen LogP contribution >= 0.6 is 0 Å². The van der Waals surface area contributed by atoms with E-state index < -0.39 is 0 Å². The Kier molecular flexibility index (Phi) is 8.57. The Balaban J connectivity index is 0.988. The zero-order valence-corrected chi connectivity index (χ0v) is 33.8. The zero-order chi connectivity index (χ0) is 40.2. The Bertz CT molecular complexity index is 3200. The summed E-state index contributed by atoms with van der Waals surface area (Å²) in [7, 11) is 0. The maximum absolute atomic E-state index is 2.42. The summed E-state index contributed by atoms with van der Waals surface area (Å²) >= 11 is 0. The van der Waals surface area contributed by atoms with Gasteiger partial charge in [-0.1, -0.05) is 202 Å². The maximum atomic E-state index is 2.42. The molecule has 1 heteroatoms. The molecule has 0 spiro atoms. The van der Waals surface area contributed by atoms with E-state index in [2.05, 4.69) is 243 Å². The van der Waals surface area contributed by atoms with Gasteiger partial charge in [0.05, 0.1) is 0 Å². The second kappa shape index (κ2) is 14.4. The number of nitrogens with zero attached hydrogens (tertiary/aromatic N) is 1. The van der Waals surface area contributed by atoms with Crippen molar-refractivity contribution < 1.29 is 0 Å². The van der Waals surface area contributed by atoms with E-state index >= 15 is 0 Å². The molecule has 0 aromatic heterocycles. The van der Waals surface area contributed by atoms with E-state index in [1.165, 1.54) is 88.3 Å². The summed E-state index contributed by atoms with van der Waals surface area (Å²) in [5.41, 5.74) is 18.4. The molecule has 0 N–H and O–H groups in total. The summed E-state index contributed by atoms with van der Waals surface area (Å²) in [5, 5.41) is 5.02. The first-order chi connectivity index (χ1) is 29.5. The van der Waals surface area contributed by atoms with E-state index in [-0.39, 0.29) is 5.41 Å². The first kappa shape index (κ1) is 35.7. The SMILES string of the molecule is CC1(C)c2ccccc2-c2ccc(N(c3ccc(-c4ccc(-c5ccc6ccccc6c5-c5ccccc5)cc4)cc3)c3cccc(-c4cccc5ccccc45)c3)cc21. The lowest BCUT2D eigenvalue weighted by atomic mass is 9.82. The van der Waals surface area contributed by atoms with Gasteiger partial charge in [-0.25, -0.2) is 0 Å². The van der Waals surface area contributed by atoms with Crippen molar-refractivity contribution in [1.82, 2.24) is 0 Å². The van der Waals surface area contributed by atoms with Crippen LogP contribution in [0.15, 0.2) is 224 Å². The zero-order valence-electron chi connectivity index (χ0n) is 33.8. The summed E-state index contributed by atoms with van der Waals surface area (Å²) in [4.78, 5) is 2.42. The van der Waals surface area contributed by atoms with Crippen LogP contribution in [0.25, 0.3) is 77.2 Å². The summed E-state index contributed by atoms with van der Waals surface area (Å²) < 4.78 is 0. The first-order valence-electron chi connectivity index (χ1n) is 20.9. The van der Waals surface area contributed by atoms with Gasteiger partial charge in [-0.2, -0.15) is 0 Å². The third-order valence-electron chi connectivity index (χ3n) is 12.7. The highest BCUT2D eigenvalue weighted by molar-refractivity contribution is 6.04. The molecule has 0 unspecified atom stereocenters. The van der Waals surface area contributed by atoms with E-state index in [4.69, 9.17) is 0 Å². The molecule has 0 aliphatic heterocycles. The molecule has 60 heavy (non-hydrogen) atoms. The molecule has 1 aliphatic carbocycles. The normalized spacial score (nSPS) is 12.6. The molecule has 0 atom stereocenters. The smallest absolute Gasteiger partial charge is 0.0467 e. The predicted octanol–water partition coefficient (Wildman–Crippen LogP) is 16.4. The van der Waals surface area contributed by atoms with Crippen molar-refractivity contribution in [2.45, 2.75) is 19.3 Å². The standard InChI is InChI=1S/C59H43N/c1-59(2)56-25-11-10-23-54(56)55-37-35-49(39-57(55)59)60(48-20-12-19-46(38-48)51-24-13-18-42-14-6-8-21-50(42)51)47-33-30-41(31-34-47)40-26-28-44(29-27-40)53-36-32-43-15-7-9-22-52(43)58(53)45-16-4-3-5-17-45/h3-39H,1-2H3. The van der Waals surface area contributed by atoms with Crippen molar-refractivity contribution in [1.29, 1.82) is 0 Å². The average Bonchev–Trinajstić information content (AvgIpc) is 3.54. The Morgan fingerprint density at radius 3 is 1.63 bits per heavy atom. The highest BCUT2D eigenvalue weighted by Gasteiger charge is 2.35. The van der Waals surface area contributed by atoms with Crippen molar-refractivity contribution >= 4 is 38.6 Å². The van der Waals surface area contributed by atoms with Crippen LogP contribution in [0, 0.1) is 0 Å². The molecule has 0 saturated heterocycles. The van der Waals surface area contributed by atoms with Gasteiger partial charge < -0.3 is 4.90 Å². The Morgan fingerprint density at radius 2 is 0.833 bits per heavy atom. The monoisotopic (exact) mass is 765 g/mol. The number of benzene rings is 10. The minimum Gasteiger partial charge on any atom is -0.310 e. The van der Waals surface area contributed by atoms with Crippen LogP contribution < -0.4 is 4.90 Å². The molecule has 284 valence electrons. The van der Waals surface area contributed by atoms with E-state index in [0.29, 0.717) is 0 Å². The van der Waals surface area contributed by atoms with Crippen LogP contribution in [0.2, 0.25) is 0 Å². The highest BCUT2D eigenvalue weighted by atomic mass is 15.1. The summed E-state index contributed by atoms with van der Waals surface area (Å²) in [6.07, 6.45) is 0. The van der Waals surface area contributed by atoms with Crippen molar-refractivity contribution in [3.63, 3.8) is 0 Å². The van der Waals surface area contributed by atoms with Crippen molar-refractivity contribution in [3.8, 4) is 55.6 Å². The van der Waals surface area contributed by atoms with Crippen molar-refractivity contribution in [2.75, 3.05) is 4.90 Å². The summed E-state index contributed by atoms with van der Waals surface area (Å²) in [6, 6.07) is 82.3. The molecule has 10 aromatic carbocycles. The lowest BCUT2D eigenvalue weighted by Crippen LogP contribution is -2.16. The fourth-order valence-electron chi connectivity index (χ4n) is 9.64. The highest BCUT2D eigenvalue weighted by Crippen LogP contribution is 2.51. The van der Waals surface area contributed by atoms with Gasteiger partial charge in [-0.15, -0.1) is 0 Å². The van der Waals surface area contributed by atoms with Crippen LogP contribution in [-0.4, -0.2) is 0 Å². The molecule has 0 fully saturated rings. The third kappa shape index (κ3) is 6.01. The van der Waals surface area contributed by atoms with Crippen LogP contribution in [0.3, 0.4) is 0 Å². The van der Waals surface area contributed by atoms with Crippen molar-refractivity contribution in [3.05, 3.63) is 236 Å². The molecule has 0 amide bonds. The second-order valence-corrected chi connectivity index (χ2v) is 16.5. The van der Waals surface area contributed by atoms with Gasteiger partial charge in [0.2, 0.25) is 0 Å². The summed E-state index contributed by atoms with van der Waals surface area (Å²) in [6.45, 7) is 4.71. The predicted molar refractivity (Wildman–Crippen MR) is 255 cm³/mol. The molecule has 0 radical (unpaired) electrons. The fourth-order valence-corrected chi connectivity index (χ4v) is 9.64. The minimum absolute atomic E-state index is 0.108. The van der Waals surface area contributed by atoms with Gasteiger partial charge in [-0.3, -0.25) is 0 Å². The van der Waals surface area contributed by atoms with E-state index in [1.54, 1.807) is 0 Å². The average molecular weight is 766 g/mol. The third-order valence-corrected chi connectivity index (χ3v) is 12.7. The largest absolute Gasteiger partial charge is 0.310 e. The fraction of sp³-hybridized carbons (Fsp3) is 0.0508. The van der Waals surface area contributed by atoms with Gasteiger partial charge in [0.25, 0.3) is 0 Å². The lowest BCUT2D eigenvalue weighted by Gasteiger charge is -2.28. The maximum Gasteiger partial charge on any atom is 0.0467 e. The Labute approximate surface area is 352 Å². The van der Waals surface area contributed by atoms with Crippen molar-refractivity contribution in [2.24, 2.45) is 0 Å². The number of anilines is 3. The van der Waals surface area contributed by atoms with Crippen LogP contribution in [0.1, 0.15) is 25.0 Å². The van der Waals surface area contributed by atoms with Gasteiger partial charge in [0.15, 0.2) is 0 Å². The molecule has 11 rings (SSSR count). The molecule has 0 saturated carbocycles. The molecule has 0 bridgehead atoms. The Morgan fingerprint density at radius 1 is 0.300 bits per heavy atom. The number of hydrogen-bond acceptors (Lipinski definition) is 1. The second-order valence-electron chi connectivity index (χ2n) is 16.5. The van der Waals surface area contributed by atoms with E-state index in [9.17, 15) is 0 Å². The van der Waals surface area contributed by atoms with Crippen LogP contribution in [0.5, 0.6) is 0 Å². The molecular formula is C59H43N. The number of fused-ring (bicyclic) bond motifs is 5. The topological polar surface area (TPSA) is 3.24 Å². The Hall–Kier alpha value is -7.48. The number of rotatable bonds is 7. The first-order valence-corrected chi connectivity index (χ1v) is 20.9. The molecule has 10 aromatic rings. The van der Waals surface area contributed by atoms with Gasteiger partial charge in [-0.05, 0) is 125 Å². The van der Waals surface area contributed by atoms with Gasteiger partial charge in [0, 0.05) is 22.5 Å². The minimum atomic E-state index is -0.108. The quantitative estimate of drug-likeness (QED) is 0.156. The molecule has 0 heterocycles. The van der Waals surface area contributed by atoms with Crippen LogP contribution in [0.4, 0.5) is 17.1 Å². The van der Waals surface area contributed by atoms with Gasteiger partial charge in [0.1, 0.15) is 0 Å². The molecule has 1 aliphatic rings. The molecular weight excluding hydrogens is 723 g/mol. The lowest BCUT2D eigenvalue weighted by molar-refractivity contribution is 0.660. The van der Waals surface area contributed by atoms with Crippen LogP contribution in [-0.2, 0) is 5.41 Å². The summed E-state index contributed by atoms with van der Waals surface area (Å²) in [5.74, 6) is 0.